The summed E-state index contributed by atoms with van der Waals surface area (Å²) in [5.41, 5.74) is 3.14. The summed E-state index contributed by atoms with van der Waals surface area (Å²) in [5.74, 6) is 5.73. The van der Waals surface area contributed by atoms with Gasteiger partial charge in [-0.2, -0.15) is 0 Å². The maximum Gasteiger partial charge on any atom is 0.251 e. The van der Waals surface area contributed by atoms with Gasteiger partial charge in [0.2, 0.25) is 0 Å². The fraction of sp³-hybridized carbons (Fsp3) is 0.400. The maximum atomic E-state index is 11.9. The molecule has 1 aliphatic rings. The molecule has 1 amide bonds. The highest BCUT2D eigenvalue weighted by molar-refractivity contribution is 5.94. The molecule has 1 heterocycles. The van der Waals surface area contributed by atoms with Gasteiger partial charge < -0.3 is 10.6 Å². The Morgan fingerprint density at radius 2 is 2.39 bits per heavy atom. The first-order valence-electron chi connectivity index (χ1n) is 6.36. The molecule has 2 N–H and O–H groups in total. The average Bonchev–Trinajstić information content (AvgIpc) is 2.43. The summed E-state index contributed by atoms with van der Waals surface area (Å²) in [4.78, 5) is 11.9. The standard InChI is InChI=1S/C15H18N2O/c1-2-3-4-9-17-15(18)13-7-8-14-12(11-13)6-5-10-16-14/h7-8,11,16H,4-6,9-10H2,1H3,(H,17,18). The molecule has 0 bridgehead atoms. The SMILES string of the molecule is CC#CCCNC(=O)c1ccc2c(c1)CCCN2. The van der Waals surface area contributed by atoms with E-state index in [-0.39, 0.29) is 5.91 Å². The van der Waals surface area contributed by atoms with E-state index in [1.54, 1.807) is 6.92 Å². The van der Waals surface area contributed by atoms with Gasteiger partial charge in [-0.1, -0.05) is 0 Å². The number of anilines is 1. The van der Waals surface area contributed by atoms with E-state index < -0.39 is 0 Å². The number of fused-ring (bicyclic) bond motifs is 1. The van der Waals surface area contributed by atoms with Crippen molar-refractivity contribution in [2.45, 2.75) is 26.2 Å². The number of nitrogens with one attached hydrogen (secondary N) is 2. The van der Waals surface area contributed by atoms with Crippen LogP contribution in [0.3, 0.4) is 0 Å². The lowest BCUT2D eigenvalue weighted by Crippen LogP contribution is -2.24. The quantitative estimate of drug-likeness (QED) is 0.630. The number of hydrogen-bond acceptors (Lipinski definition) is 2. The number of hydrogen-bond donors (Lipinski definition) is 2. The summed E-state index contributed by atoms with van der Waals surface area (Å²) < 4.78 is 0. The van der Waals surface area contributed by atoms with E-state index in [0.717, 1.165) is 30.6 Å². The Kier molecular flexibility index (Phi) is 4.25. The van der Waals surface area contributed by atoms with Crippen molar-refractivity contribution in [1.82, 2.24) is 5.32 Å². The summed E-state index contributed by atoms with van der Waals surface area (Å²) >= 11 is 0. The van der Waals surface area contributed by atoms with Gasteiger partial charge in [0, 0.05) is 30.8 Å². The Balaban J connectivity index is 1.99. The monoisotopic (exact) mass is 242 g/mol. The Morgan fingerprint density at radius 3 is 3.22 bits per heavy atom. The average molecular weight is 242 g/mol. The molecular formula is C15H18N2O. The van der Waals surface area contributed by atoms with Gasteiger partial charge >= 0.3 is 0 Å². The highest BCUT2D eigenvalue weighted by atomic mass is 16.1. The minimum Gasteiger partial charge on any atom is -0.385 e. The predicted molar refractivity (Wildman–Crippen MR) is 73.7 cm³/mol. The maximum absolute atomic E-state index is 11.9. The Bertz CT molecular complexity index is 497. The molecule has 0 saturated heterocycles. The molecule has 0 aromatic heterocycles. The third kappa shape index (κ3) is 3.04. The first-order valence-corrected chi connectivity index (χ1v) is 6.36. The zero-order valence-electron chi connectivity index (χ0n) is 10.7. The number of aryl methyl sites for hydroxylation is 1. The van der Waals surface area contributed by atoms with Crippen LogP contribution < -0.4 is 10.6 Å². The molecule has 0 atom stereocenters. The molecule has 0 saturated carbocycles. The van der Waals surface area contributed by atoms with Crippen molar-refractivity contribution in [3.8, 4) is 11.8 Å². The van der Waals surface area contributed by atoms with E-state index in [4.69, 9.17) is 0 Å². The second-order valence-electron chi connectivity index (χ2n) is 4.33. The Morgan fingerprint density at radius 1 is 1.50 bits per heavy atom. The molecule has 0 unspecified atom stereocenters. The summed E-state index contributed by atoms with van der Waals surface area (Å²) in [5, 5.41) is 6.22. The van der Waals surface area contributed by atoms with Gasteiger partial charge in [-0.25, -0.2) is 0 Å². The lowest BCUT2D eigenvalue weighted by molar-refractivity contribution is 0.0954. The van der Waals surface area contributed by atoms with Gasteiger partial charge in [0.05, 0.1) is 0 Å². The fourth-order valence-corrected chi connectivity index (χ4v) is 2.08. The molecule has 0 radical (unpaired) electrons. The van der Waals surface area contributed by atoms with Crippen LogP contribution in [0.25, 0.3) is 0 Å². The highest BCUT2D eigenvalue weighted by Crippen LogP contribution is 2.22. The van der Waals surface area contributed by atoms with E-state index in [0.29, 0.717) is 13.0 Å². The van der Waals surface area contributed by atoms with Gasteiger partial charge in [-0.15, -0.1) is 11.8 Å². The van der Waals surface area contributed by atoms with Crippen LogP contribution >= 0.6 is 0 Å². The fourth-order valence-electron chi connectivity index (χ4n) is 2.08. The van der Waals surface area contributed by atoms with Crippen molar-refractivity contribution in [3.63, 3.8) is 0 Å². The van der Waals surface area contributed by atoms with E-state index in [9.17, 15) is 4.79 Å². The largest absolute Gasteiger partial charge is 0.385 e. The van der Waals surface area contributed by atoms with Crippen LogP contribution in [-0.2, 0) is 6.42 Å². The lowest BCUT2D eigenvalue weighted by atomic mass is 10.0. The lowest BCUT2D eigenvalue weighted by Gasteiger charge is -2.18. The minimum atomic E-state index is -0.0127. The number of amides is 1. The third-order valence-electron chi connectivity index (χ3n) is 3.02. The molecule has 18 heavy (non-hydrogen) atoms. The minimum absolute atomic E-state index is 0.0127. The molecule has 3 nitrogen and oxygen atoms in total. The first-order chi connectivity index (χ1) is 8.81. The summed E-state index contributed by atoms with van der Waals surface area (Å²) in [6, 6.07) is 5.86. The zero-order chi connectivity index (χ0) is 12.8. The van der Waals surface area contributed by atoms with Crippen molar-refractivity contribution in [1.29, 1.82) is 0 Å². The van der Waals surface area contributed by atoms with Crippen LogP contribution in [0.5, 0.6) is 0 Å². The topological polar surface area (TPSA) is 41.1 Å². The van der Waals surface area contributed by atoms with E-state index in [1.807, 2.05) is 18.2 Å². The van der Waals surface area contributed by atoms with Gasteiger partial charge in [-0.3, -0.25) is 4.79 Å². The molecule has 1 aromatic rings. The molecule has 3 heteroatoms. The smallest absolute Gasteiger partial charge is 0.251 e. The van der Waals surface area contributed by atoms with Crippen molar-refractivity contribution in [2.75, 3.05) is 18.4 Å². The third-order valence-corrected chi connectivity index (χ3v) is 3.02. The van der Waals surface area contributed by atoms with Crippen molar-refractivity contribution in [3.05, 3.63) is 29.3 Å². The van der Waals surface area contributed by atoms with Crippen LogP contribution in [0.4, 0.5) is 5.69 Å². The second-order valence-corrected chi connectivity index (χ2v) is 4.33. The van der Waals surface area contributed by atoms with Crippen molar-refractivity contribution >= 4 is 11.6 Å². The van der Waals surface area contributed by atoms with Crippen molar-refractivity contribution in [2.24, 2.45) is 0 Å². The normalized spacial score (nSPS) is 12.7. The summed E-state index contributed by atoms with van der Waals surface area (Å²) in [6.45, 7) is 3.43. The van der Waals surface area contributed by atoms with E-state index in [1.165, 1.54) is 5.56 Å². The second kappa shape index (κ2) is 6.11. The molecule has 0 aliphatic carbocycles. The van der Waals surface area contributed by atoms with Gasteiger partial charge in [0.1, 0.15) is 0 Å². The summed E-state index contributed by atoms with van der Waals surface area (Å²) in [6.07, 6.45) is 2.88. The van der Waals surface area contributed by atoms with E-state index >= 15 is 0 Å². The van der Waals surface area contributed by atoms with Crippen LogP contribution in [0, 0.1) is 11.8 Å². The van der Waals surface area contributed by atoms with Crippen LogP contribution in [0.2, 0.25) is 0 Å². The van der Waals surface area contributed by atoms with Crippen LogP contribution in [0.15, 0.2) is 18.2 Å². The molecule has 0 spiro atoms. The zero-order valence-corrected chi connectivity index (χ0v) is 10.7. The van der Waals surface area contributed by atoms with E-state index in [2.05, 4.69) is 22.5 Å². The Hall–Kier alpha value is -1.95. The molecule has 1 aromatic carbocycles. The van der Waals surface area contributed by atoms with Gasteiger partial charge in [-0.05, 0) is 43.5 Å². The predicted octanol–water partition coefficient (Wildman–Crippen LogP) is 2.19. The number of rotatable bonds is 3. The highest BCUT2D eigenvalue weighted by Gasteiger charge is 2.11. The summed E-state index contributed by atoms with van der Waals surface area (Å²) in [7, 11) is 0. The Labute approximate surface area is 108 Å². The van der Waals surface area contributed by atoms with Gasteiger partial charge in [0.25, 0.3) is 5.91 Å². The van der Waals surface area contributed by atoms with Crippen LogP contribution in [-0.4, -0.2) is 19.0 Å². The first kappa shape index (κ1) is 12.5. The molecule has 94 valence electrons. The van der Waals surface area contributed by atoms with Crippen LogP contribution in [0.1, 0.15) is 35.7 Å². The molecule has 0 fully saturated rings. The molecule has 2 rings (SSSR count). The number of carbonyl (C=O) groups is 1. The molecule has 1 aliphatic heterocycles. The number of carbonyl (C=O) groups excluding carboxylic acids is 1. The van der Waals surface area contributed by atoms with Crippen molar-refractivity contribution < 1.29 is 4.79 Å². The molecular weight excluding hydrogens is 224 g/mol. The number of benzene rings is 1. The van der Waals surface area contributed by atoms with Gasteiger partial charge in [0.15, 0.2) is 0 Å².